The van der Waals surface area contributed by atoms with Crippen molar-refractivity contribution >= 4 is 17.7 Å². The number of rotatable bonds is 4. The molecular weight excluding hydrogens is 198 g/mol. The average Bonchev–Trinajstić information content (AvgIpc) is 2.86. The highest BCUT2D eigenvalue weighted by Gasteiger charge is 2.35. The normalized spacial score (nSPS) is 28.8. The van der Waals surface area contributed by atoms with E-state index in [1.54, 1.807) is 0 Å². The van der Waals surface area contributed by atoms with Crippen molar-refractivity contribution in [3.8, 4) is 0 Å². The van der Waals surface area contributed by atoms with Crippen molar-refractivity contribution in [2.75, 3.05) is 18.6 Å². The standard InChI is InChI=1S/C10H17NO2S/c1-13-10(12)9(11-8-2-3-8)7-4-5-14-6-7/h7-9,11H,2-6H2,1H3. The molecule has 1 aliphatic carbocycles. The maximum absolute atomic E-state index is 11.6. The van der Waals surface area contributed by atoms with Crippen LogP contribution in [-0.2, 0) is 9.53 Å². The monoisotopic (exact) mass is 215 g/mol. The molecule has 1 saturated heterocycles. The van der Waals surface area contributed by atoms with E-state index in [0.717, 1.165) is 12.2 Å². The Morgan fingerprint density at radius 1 is 1.50 bits per heavy atom. The van der Waals surface area contributed by atoms with E-state index >= 15 is 0 Å². The van der Waals surface area contributed by atoms with Gasteiger partial charge in [0.05, 0.1) is 7.11 Å². The molecule has 0 aromatic rings. The second kappa shape index (κ2) is 4.53. The summed E-state index contributed by atoms with van der Waals surface area (Å²) in [4.78, 5) is 11.6. The lowest BCUT2D eigenvalue weighted by atomic mass is 9.99. The van der Waals surface area contributed by atoms with Gasteiger partial charge in [0.1, 0.15) is 6.04 Å². The molecule has 0 amide bonds. The molecule has 2 rings (SSSR count). The maximum Gasteiger partial charge on any atom is 0.323 e. The van der Waals surface area contributed by atoms with Gasteiger partial charge in [0.15, 0.2) is 0 Å². The second-order valence-corrected chi connectivity index (χ2v) is 5.22. The van der Waals surface area contributed by atoms with Crippen LogP contribution in [0.4, 0.5) is 0 Å². The van der Waals surface area contributed by atoms with Gasteiger partial charge < -0.3 is 10.1 Å². The highest BCUT2D eigenvalue weighted by Crippen LogP contribution is 2.29. The van der Waals surface area contributed by atoms with Gasteiger partial charge in [-0.05, 0) is 36.7 Å². The summed E-state index contributed by atoms with van der Waals surface area (Å²) in [6.07, 6.45) is 3.57. The zero-order valence-electron chi connectivity index (χ0n) is 8.49. The predicted octanol–water partition coefficient (Wildman–Crippen LogP) is 1.03. The SMILES string of the molecule is COC(=O)C(NC1CC1)C1CCSC1. The van der Waals surface area contributed by atoms with E-state index in [4.69, 9.17) is 4.74 Å². The summed E-state index contributed by atoms with van der Waals surface area (Å²) in [5, 5.41) is 3.40. The molecule has 2 unspecified atom stereocenters. The largest absolute Gasteiger partial charge is 0.468 e. The minimum Gasteiger partial charge on any atom is -0.468 e. The quantitative estimate of drug-likeness (QED) is 0.711. The molecule has 4 heteroatoms. The van der Waals surface area contributed by atoms with Crippen LogP contribution >= 0.6 is 11.8 Å². The second-order valence-electron chi connectivity index (χ2n) is 4.07. The first-order valence-corrected chi connectivity index (χ1v) is 6.38. The van der Waals surface area contributed by atoms with Gasteiger partial charge in [-0.2, -0.15) is 11.8 Å². The first kappa shape index (κ1) is 10.3. The molecule has 1 N–H and O–H groups in total. The van der Waals surface area contributed by atoms with Crippen LogP contribution in [0.15, 0.2) is 0 Å². The minimum atomic E-state index is -0.0793. The molecule has 2 atom stereocenters. The lowest BCUT2D eigenvalue weighted by Gasteiger charge is -2.21. The molecule has 0 radical (unpaired) electrons. The van der Waals surface area contributed by atoms with Crippen molar-refractivity contribution < 1.29 is 9.53 Å². The molecule has 0 bridgehead atoms. The zero-order chi connectivity index (χ0) is 9.97. The summed E-state index contributed by atoms with van der Waals surface area (Å²) < 4.78 is 4.84. The molecule has 0 aromatic carbocycles. The van der Waals surface area contributed by atoms with Crippen molar-refractivity contribution in [1.29, 1.82) is 0 Å². The van der Waals surface area contributed by atoms with E-state index in [9.17, 15) is 4.79 Å². The first-order chi connectivity index (χ1) is 6.81. The highest BCUT2D eigenvalue weighted by molar-refractivity contribution is 7.99. The van der Waals surface area contributed by atoms with Gasteiger partial charge in [0.25, 0.3) is 0 Å². The molecule has 0 spiro atoms. The molecular formula is C10H17NO2S. The number of esters is 1. The number of carbonyl (C=O) groups is 1. The Balaban J connectivity index is 1.92. The predicted molar refractivity (Wildman–Crippen MR) is 57.4 cm³/mol. The Morgan fingerprint density at radius 2 is 2.29 bits per heavy atom. The van der Waals surface area contributed by atoms with E-state index < -0.39 is 0 Å². The molecule has 0 aromatic heterocycles. The summed E-state index contributed by atoms with van der Waals surface area (Å²) in [6, 6.07) is 0.521. The van der Waals surface area contributed by atoms with Crippen molar-refractivity contribution in [3.63, 3.8) is 0 Å². The number of nitrogens with one attached hydrogen (secondary N) is 1. The van der Waals surface area contributed by atoms with E-state index in [-0.39, 0.29) is 12.0 Å². The Bertz CT molecular complexity index is 212. The Labute approximate surface area is 89.0 Å². The van der Waals surface area contributed by atoms with Crippen LogP contribution in [-0.4, -0.2) is 36.7 Å². The minimum absolute atomic E-state index is 0.0532. The van der Waals surface area contributed by atoms with Gasteiger partial charge in [-0.25, -0.2) is 0 Å². The zero-order valence-corrected chi connectivity index (χ0v) is 9.31. The van der Waals surface area contributed by atoms with Gasteiger partial charge in [-0.3, -0.25) is 4.79 Å². The van der Waals surface area contributed by atoms with Crippen molar-refractivity contribution in [3.05, 3.63) is 0 Å². The summed E-state index contributed by atoms with van der Waals surface area (Å²) in [5.41, 5.74) is 0. The van der Waals surface area contributed by atoms with E-state index in [1.165, 1.54) is 25.7 Å². The number of methoxy groups -OCH3 is 1. The molecule has 1 saturated carbocycles. The molecule has 2 fully saturated rings. The van der Waals surface area contributed by atoms with Crippen LogP contribution in [0.1, 0.15) is 19.3 Å². The van der Waals surface area contributed by atoms with Crippen LogP contribution < -0.4 is 5.32 Å². The van der Waals surface area contributed by atoms with Crippen molar-refractivity contribution in [2.45, 2.75) is 31.3 Å². The van der Waals surface area contributed by atoms with Gasteiger partial charge in [-0.15, -0.1) is 0 Å². The lowest BCUT2D eigenvalue weighted by molar-refractivity contribution is -0.144. The summed E-state index contributed by atoms with van der Waals surface area (Å²) in [7, 11) is 1.48. The Hall–Kier alpha value is -0.220. The number of thioether (sulfide) groups is 1. The number of hydrogen-bond acceptors (Lipinski definition) is 4. The van der Waals surface area contributed by atoms with Gasteiger partial charge in [0, 0.05) is 6.04 Å². The smallest absolute Gasteiger partial charge is 0.323 e. The third-order valence-electron chi connectivity index (χ3n) is 2.88. The van der Waals surface area contributed by atoms with Crippen LogP contribution in [0.5, 0.6) is 0 Å². The van der Waals surface area contributed by atoms with Crippen LogP contribution in [0.2, 0.25) is 0 Å². The fourth-order valence-electron chi connectivity index (χ4n) is 1.84. The van der Waals surface area contributed by atoms with Gasteiger partial charge in [0.2, 0.25) is 0 Å². The Morgan fingerprint density at radius 3 is 2.79 bits per heavy atom. The van der Waals surface area contributed by atoms with Crippen LogP contribution in [0, 0.1) is 5.92 Å². The average molecular weight is 215 g/mol. The summed E-state index contributed by atoms with van der Waals surface area (Å²) >= 11 is 1.94. The van der Waals surface area contributed by atoms with E-state index in [0.29, 0.717) is 12.0 Å². The van der Waals surface area contributed by atoms with Crippen LogP contribution in [0.3, 0.4) is 0 Å². The number of carbonyl (C=O) groups excluding carboxylic acids is 1. The number of ether oxygens (including phenoxy) is 1. The Kier molecular flexibility index (Phi) is 3.34. The van der Waals surface area contributed by atoms with Gasteiger partial charge >= 0.3 is 5.97 Å². The highest BCUT2D eigenvalue weighted by atomic mass is 32.2. The third kappa shape index (κ3) is 2.42. The molecule has 2 aliphatic rings. The summed E-state index contributed by atoms with van der Waals surface area (Å²) in [6.45, 7) is 0. The van der Waals surface area contributed by atoms with E-state index in [2.05, 4.69) is 5.32 Å². The van der Waals surface area contributed by atoms with Crippen molar-refractivity contribution in [1.82, 2.24) is 5.32 Å². The molecule has 80 valence electrons. The fraction of sp³-hybridized carbons (Fsp3) is 0.900. The first-order valence-electron chi connectivity index (χ1n) is 5.23. The topological polar surface area (TPSA) is 38.3 Å². The molecule has 3 nitrogen and oxygen atoms in total. The molecule has 14 heavy (non-hydrogen) atoms. The molecule has 1 heterocycles. The maximum atomic E-state index is 11.6. The van der Waals surface area contributed by atoms with Crippen molar-refractivity contribution in [2.24, 2.45) is 5.92 Å². The van der Waals surface area contributed by atoms with E-state index in [1.807, 2.05) is 11.8 Å². The van der Waals surface area contributed by atoms with Crippen LogP contribution in [0.25, 0.3) is 0 Å². The summed E-state index contributed by atoms with van der Waals surface area (Å²) in [5.74, 6) is 2.68. The fourth-order valence-corrected chi connectivity index (χ4v) is 3.14. The van der Waals surface area contributed by atoms with Gasteiger partial charge in [-0.1, -0.05) is 0 Å². The third-order valence-corrected chi connectivity index (χ3v) is 4.07. The number of hydrogen-bond donors (Lipinski definition) is 1. The lowest BCUT2D eigenvalue weighted by Crippen LogP contribution is -2.44. The molecule has 1 aliphatic heterocycles.